The molecule has 0 aromatic heterocycles. The molecular weight excluding hydrogens is 420 g/mol. The maximum absolute atomic E-state index is 12.2. The molecule has 188 valence electrons. The van der Waals surface area contributed by atoms with E-state index >= 15 is 0 Å². The Hall–Kier alpha value is -2.15. The van der Waals surface area contributed by atoms with Crippen molar-refractivity contribution < 1.29 is 29.0 Å². The molecule has 10 N–H and O–H groups in total. The fourth-order valence-electron chi connectivity index (χ4n) is 2.90. The van der Waals surface area contributed by atoms with Crippen molar-refractivity contribution in [1.82, 2.24) is 16.0 Å². The topological polar surface area (TPSA) is 204 Å². The highest BCUT2D eigenvalue weighted by Crippen LogP contribution is 2.04. The molecule has 0 aliphatic rings. The Balaban J connectivity index is 4.53. The normalized spacial score (nSPS) is 12.6. The lowest BCUT2D eigenvalue weighted by atomic mass is 10.1. The predicted octanol–water partition coefficient (Wildman–Crippen LogP) is -0.153. The van der Waals surface area contributed by atoms with Crippen molar-refractivity contribution in [1.29, 1.82) is 0 Å². The molecule has 0 rings (SSSR count). The van der Waals surface area contributed by atoms with Gasteiger partial charge in [0.15, 0.2) is 0 Å². The van der Waals surface area contributed by atoms with E-state index in [1.165, 1.54) is 0 Å². The van der Waals surface area contributed by atoms with Crippen LogP contribution in [0.4, 0.5) is 9.59 Å². The van der Waals surface area contributed by atoms with Crippen LogP contribution >= 0.6 is 0 Å². The predicted molar refractivity (Wildman–Crippen MR) is 121 cm³/mol. The van der Waals surface area contributed by atoms with Gasteiger partial charge >= 0.3 is 12.2 Å². The molecule has 0 unspecified atom stereocenters. The van der Waals surface area contributed by atoms with Crippen LogP contribution in [0.15, 0.2) is 0 Å². The summed E-state index contributed by atoms with van der Waals surface area (Å²) in [4.78, 5) is 35.0. The molecule has 12 heteroatoms. The summed E-state index contributed by atoms with van der Waals surface area (Å²) in [5, 5.41) is 17.2. The van der Waals surface area contributed by atoms with E-state index in [4.69, 9.17) is 27.0 Å². The van der Waals surface area contributed by atoms with Crippen LogP contribution < -0.4 is 33.2 Å². The van der Waals surface area contributed by atoms with Gasteiger partial charge in [0.25, 0.3) is 0 Å². The zero-order valence-electron chi connectivity index (χ0n) is 19.0. The average molecular weight is 463 g/mol. The van der Waals surface area contributed by atoms with Crippen molar-refractivity contribution in [2.45, 2.75) is 63.5 Å². The van der Waals surface area contributed by atoms with E-state index < -0.39 is 18.3 Å². The molecule has 0 radical (unpaired) electrons. The molecule has 0 bridgehead atoms. The molecule has 0 heterocycles. The first-order valence-electron chi connectivity index (χ1n) is 11.3. The molecule has 0 aliphatic heterocycles. The van der Waals surface area contributed by atoms with E-state index in [2.05, 4.69) is 20.7 Å². The highest BCUT2D eigenvalue weighted by molar-refractivity contribution is 5.78. The molecule has 0 fully saturated rings. The van der Waals surface area contributed by atoms with Gasteiger partial charge in [-0.3, -0.25) is 4.79 Å². The smallest absolute Gasteiger partial charge is 0.450 e. The third kappa shape index (κ3) is 18.6. The van der Waals surface area contributed by atoms with Crippen molar-refractivity contribution in [3.63, 3.8) is 0 Å². The average Bonchev–Trinajstić information content (AvgIpc) is 2.75. The highest BCUT2D eigenvalue weighted by Gasteiger charge is 2.18. The molecule has 0 aliphatic carbocycles. The lowest BCUT2D eigenvalue weighted by molar-refractivity contribution is -0.121. The van der Waals surface area contributed by atoms with Crippen LogP contribution in [0.25, 0.3) is 0 Å². The van der Waals surface area contributed by atoms with Crippen LogP contribution in [0.3, 0.4) is 0 Å². The van der Waals surface area contributed by atoms with Crippen molar-refractivity contribution in [3.05, 3.63) is 0 Å². The lowest BCUT2D eigenvalue weighted by Crippen LogP contribution is -2.45. The van der Waals surface area contributed by atoms with Crippen LogP contribution in [-0.2, 0) is 14.3 Å². The summed E-state index contributed by atoms with van der Waals surface area (Å²) in [5.74, 6) is -0.186. The fraction of sp³-hybridized carbons (Fsp3) is 0.850. The quantitative estimate of drug-likeness (QED) is 0.0940. The Morgan fingerprint density at radius 2 is 1.28 bits per heavy atom. The molecule has 2 atom stereocenters. The maximum atomic E-state index is 12.2. The Kier molecular flexibility index (Phi) is 19.3. The summed E-state index contributed by atoms with van der Waals surface area (Å²) in [6, 6.07) is -0.871. The summed E-state index contributed by atoms with van der Waals surface area (Å²) in [5.41, 5.74) is 16.4. The SMILES string of the molecule is NCCCCNCC(=O)N[C@H](CCCCN)COC(=O)N[C@H](CCCCN)COC(=O)O. The number of carbonyl (C=O) groups excluding carboxylic acids is 2. The minimum atomic E-state index is -1.41. The van der Waals surface area contributed by atoms with E-state index in [9.17, 15) is 14.4 Å². The fourth-order valence-corrected chi connectivity index (χ4v) is 2.90. The van der Waals surface area contributed by atoms with E-state index in [-0.39, 0.29) is 31.7 Å². The number of alkyl carbamates (subject to hydrolysis) is 1. The second-order valence-electron chi connectivity index (χ2n) is 7.52. The molecule has 0 saturated carbocycles. The number of nitrogens with two attached hydrogens (primary N) is 3. The van der Waals surface area contributed by atoms with Gasteiger partial charge in [-0.1, -0.05) is 12.8 Å². The van der Waals surface area contributed by atoms with Crippen LogP contribution in [0, 0.1) is 0 Å². The molecule has 0 aromatic rings. The van der Waals surface area contributed by atoms with Gasteiger partial charge in [-0.2, -0.15) is 0 Å². The molecule has 0 saturated heterocycles. The van der Waals surface area contributed by atoms with Crippen LogP contribution in [0.1, 0.15) is 51.4 Å². The highest BCUT2D eigenvalue weighted by atomic mass is 16.7. The molecular formula is C20H42N6O6. The van der Waals surface area contributed by atoms with Crippen LogP contribution in [0.5, 0.6) is 0 Å². The first-order valence-corrected chi connectivity index (χ1v) is 11.3. The number of ether oxygens (including phenoxy) is 2. The van der Waals surface area contributed by atoms with Crippen LogP contribution in [0.2, 0.25) is 0 Å². The van der Waals surface area contributed by atoms with E-state index in [1.54, 1.807) is 0 Å². The van der Waals surface area contributed by atoms with Gasteiger partial charge in [0, 0.05) is 0 Å². The summed E-state index contributed by atoms with van der Waals surface area (Å²) >= 11 is 0. The molecule has 2 amide bonds. The van der Waals surface area contributed by atoms with Crippen molar-refractivity contribution in [2.75, 3.05) is 45.9 Å². The van der Waals surface area contributed by atoms with Crippen molar-refractivity contribution in [2.24, 2.45) is 17.2 Å². The van der Waals surface area contributed by atoms with E-state index in [0.717, 1.165) is 32.1 Å². The van der Waals surface area contributed by atoms with Gasteiger partial charge in [-0.25, -0.2) is 9.59 Å². The van der Waals surface area contributed by atoms with E-state index in [1.807, 2.05) is 0 Å². The number of unbranched alkanes of at least 4 members (excludes halogenated alkanes) is 3. The summed E-state index contributed by atoms with van der Waals surface area (Å²) in [6.45, 7) is 2.34. The summed E-state index contributed by atoms with van der Waals surface area (Å²) in [7, 11) is 0. The largest absolute Gasteiger partial charge is 0.505 e. The van der Waals surface area contributed by atoms with Gasteiger partial charge in [0.05, 0.1) is 18.6 Å². The van der Waals surface area contributed by atoms with Gasteiger partial charge in [0.2, 0.25) is 5.91 Å². The number of hydrogen-bond acceptors (Lipinski definition) is 9. The lowest BCUT2D eigenvalue weighted by Gasteiger charge is -2.21. The summed E-state index contributed by atoms with van der Waals surface area (Å²) < 4.78 is 9.85. The Morgan fingerprint density at radius 3 is 1.84 bits per heavy atom. The number of hydrogen-bond donors (Lipinski definition) is 7. The van der Waals surface area contributed by atoms with Gasteiger partial charge in [-0.15, -0.1) is 0 Å². The number of nitrogens with one attached hydrogen (secondary N) is 3. The van der Waals surface area contributed by atoms with Gasteiger partial charge in [0.1, 0.15) is 13.2 Å². The molecule has 32 heavy (non-hydrogen) atoms. The maximum Gasteiger partial charge on any atom is 0.505 e. The van der Waals surface area contributed by atoms with Crippen LogP contribution in [-0.4, -0.2) is 81.3 Å². The van der Waals surface area contributed by atoms with Gasteiger partial charge < -0.3 is 47.7 Å². The molecule has 12 nitrogen and oxygen atoms in total. The molecule has 0 spiro atoms. The molecule has 0 aromatic carbocycles. The number of rotatable bonds is 20. The first-order chi connectivity index (χ1) is 15.4. The zero-order valence-corrected chi connectivity index (χ0v) is 19.0. The number of amides is 2. The second-order valence-corrected chi connectivity index (χ2v) is 7.52. The van der Waals surface area contributed by atoms with Crippen molar-refractivity contribution >= 4 is 18.2 Å². The first kappa shape index (κ1) is 29.9. The standard InChI is InChI=1S/C20H42N6O6/c21-9-3-1-7-16(25-18(27)13-24-12-6-5-11-23)14-31-19(28)26-17(8-2-4-10-22)15-32-20(29)30/h16-17,24H,1-15,21-23H2,(H,25,27)(H,26,28)(H,29,30)/t16-,17-/m1/s1. The number of carboxylic acid groups (broad SMARTS) is 1. The van der Waals surface area contributed by atoms with Gasteiger partial charge in [-0.05, 0) is 64.7 Å². The zero-order chi connectivity index (χ0) is 24.0. The minimum absolute atomic E-state index is 0.00930. The van der Waals surface area contributed by atoms with Crippen molar-refractivity contribution in [3.8, 4) is 0 Å². The Morgan fingerprint density at radius 1 is 0.750 bits per heavy atom. The summed E-state index contributed by atoms with van der Waals surface area (Å²) in [6.07, 6.45) is 3.83. The third-order valence-electron chi connectivity index (χ3n) is 4.62. The monoisotopic (exact) mass is 462 g/mol. The Bertz CT molecular complexity index is 511. The minimum Gasteiger partial charge on any atom is -0.450 e. The number of carbonyl (C=O) groups is 3. The second kappa shape index (κ2) is 20.7. The third-order valence-corrected chi connectivity index (χ3v) is 4.62. The Labute approximate surface area is 190 Å². The van der Waals surface area contributed by atoms with E-state index in [0.29, 0.717) is 45.4 Å².